The minimum absolute atomic E-state index is 0.122. The van der Waals surface area contributed by atoms with Gasteiger partial charge in [-0.15, -0.1) is 0 Å². The van der Waals surface area contributed by atoms with Gasteiger partial charge in [0.25, 0.3) is 10.1 Å². The minimum Gasteiger partial charge on any atom is -0.456 e. The van der Waals surface area contributed by atoms with Crippen LogP contribution in [0.3, 0.4) is 0 Å². The zero-order valence-corrected chi connectivity index (χ0v) is 20.5. The molecule has 0 N–H and O–H groups in total. The first kappa shape index (κ1) is 23.8. The van der Waals surface area contributed by atoms with Gasteiger partial charge in [0.15, 0.2) is 0 Å². The van der Waals surface area contributed by atoms with E-state index in [4.69, 9.17) is 32.1 Å². The Morgan fingerprint density at radius 1 is 0.909 bits per heavy atom. The molecular formula is C24H24Cl2N2O4S. The molecule has 1 saturated heterocycles. The lowest BCUT2D eigenvalue weighted by Gasteiger charge is -2.27. The fourth-order valence-corrected chi connectivity index (χ4v) is 4.62. The fourth-order valence-electron chi connectivity index (χ4n) is 3.74. The van der Waals surface area contributed by atoms with Crippen LogP contribution in [0.2, 0.25) is 10.0 Å². The van der Waals surface area contributed by atoms with Crippen molar-refractivity contribution >= 4 is 39.1 Å². The van der Waals surface area contributed by atoms with Crippen LogP contribution in [0.1, 0.15) is 24.8 Å². The highest BCUT2D eigenvalue weighted by Gasteiger charge is 2.13. The molecule has 6 nitrogen and oxygen atoms in total. The summed E-state index contributed by atoms with van der Waals surface area (Å²) in [5.41, 5.74) is 2.17. The number of piperidine rings is 1. The Morgan fingerprint density at radius 3 is 2.24 bits per heavy atom. The standard InChI is InChI=1S/C24H24Cl2N2O4S/c1-33(29,30)31-16-17-9-18(19-11-20(25)14-21(26)12-19)13-23(10-17)32-22-5-6-24(27-15-22)28-7-3-2-4-8-28/h5-6,9-15H,2-4,7-8,16H2,1H3. The highest BCUT2D eigenvalue weighted by Crippen LogP contribution is 2.33. The summed E-state index contributed by atoms with van der Waals surface area (Å²) in [4.78, 5) is 6.83. The van der Waals surface area contributed by atoms with Gasteiger partial charge in [0.05, 0.1) is 19.1 Å². The van der Waals surface area contributed by atoms with Crippen molar-refractivity contribution in [1.29, 1.82) is 0 Å². The molecule has 9 heteroatoms. The van der Waals surface area contributed by atoms with Crippen LogP contribution in [0, 0.1) is 0 Å². The van der Waals surface area contributed by atoms with E-state index in [1.54, 1.807) is 30.5 Å². The molecule has 0 aliphatic carbocycles. The van der Waals surface area contributed by atoms with Gasteiger partial charge >= 0.3 is 0 Å². The monoisotopic (exact) mass is 506 g/mol. The second-order valence-corrected chi connectivity index (χ2v) is 10.5. The maximum Gasteiger partial charge on any atom is 0.264 e. The molecule has 1 fully saturated rings. The highest BCUT2D eigenvalue weighted by atomic mass is 35.5. The molecule has 33 heavy (non-hydrogen) atoms. The Kier molecular flexibility index (Phi) is 7.44. The van der Waals surface area contributed by atoms with Crippen LogP contribution >= 0.6 is 23.2 Å². The normalized spacial score (nSPS) is 14.3. The minimum atomic E-state index is -3.60. The molecule has 4 rings (SSSR count). The van der Waals surface area contributed by atoms with Gasteiger partial charge in [-0.3, -0.25) is 4.18 Å². The lowest BCUT2D eigenvalue weighted by molar-refractivity contribution is 0.311. The Bertz CT molecular complexity index is 1210. The SMILES string of the molecule is CS(=O)(=O)OCc1cc(Oc2ccc(N3CCCCC3)nc2)cc(-c2cc(Cl)cc(Cl)c2)c1. The zero-order valence-electron chi connectivity index (χ0n) is 18.1. The fraction of sp³-hybridized carbons (Fsp3) is 0.292. The summed E-state index contributed by atoms with van der Waals surface area (Å²) in [5.74, 6) is 2.03. The number of aromatic nitrogens is 1. The summed E-state index contributed by atoms with van der Waals surface area (Å²) >= 11 is 12.4. The van der Waals surface area contributed by atoms with E-state index in [-0.39, 0.29) is 6.61 Å². The van der Waals surface area contributed by atoms with Crippen LogP contribution in [0.5, 0.6) is 11.5 Å². The van der Waals surface area contributed by atoms with Gasteiger partial charge in [-0.05, 0) is 84.5 Å². The molecule has 1 aromatic heterocycles. The van der Waals surface area contributed by atoms with Crippen LogP contribution in [0.25, 0.3) is 11.1 Å². The van der Waals surface area contributed by atoms with Crippen molar-refractivity contribution < 1.29 is 17.3 Å². The lowest BCUT2D eigenvalue weighted by Crippen LogP contribution is -2.29. The van der Waals surface area contributed by atoms with Gasteiger partial charge in [0, 0.05) is 23.1 Å². The van der Waals surface area contributed by atoms with Crippen molar-refractivity contribution in [3.05, 3.63) is 70.3 Å². The van der Waals surface area contributed by atoms with Gasteiger partial charge in [-0.2, -0.15) is 8.42 Å². The van der Waals surface area contributed by atoms with Crippen molar-refractivity contribution in [2.24, 2.45) is 0 Å². The van der Waals surface area contributed by atoms with Crippen LogP contribution in [0.4, 0.5) is 5.82 Å². The summed E-state index contributed by atoms with van der Waals surface area (Å²) < 4.78 is 34.0. The van der Waals surface area contributed by atoms with Crippen molar-refractivity contribution in [1.82, 2.24) is 4.98 Å². The van der Waals surface area contributed by atoms with Crippen molar-refractivity contribution in [3.63, 3.8) is 0 Å². The van der Waals surface area contributed by atoms with Crippen LogP contribution in [-0.2, 0) is 20.9 Å². The summed E-state index contributed by atoms with van der Waals surface area (Å²) in [6.07, 6.45) is 6.33. The predicted octanol–water partition coefficient (Wildman–Crippen LogP) is 6.31. The molecule has 3 aromatic rings. The summed E-state index contributed by atoms with van der Waals surface area (Å²) in [5, 5.41) is 0.991. The average Bonchev–Trinajstić information content (AvgIpc) is 2.78. The summed E-state index contributed by atoms with van der Waals surface area (Å²) in [7, 11) is -3.60. The quantitative estimate of drug-likeness (QED) is 0.349. The number of rotatable bonds is 7. The molecule has 1 aliphatic rings. The number of pyridine rings is 1. The second kappa shape index (κ2) is 10.3. The lowest BCUT2D eigenvalue weighted by atomic mass is 10.0. The van der Waals surface area contributed by atoms with Crippen molar-refractivity contribution in [3.8, 4) is 22.6 Å². The first-order valence-corrected chi connectivity index (χ1v) is 13.2. The second-order valence-electron chi connectivity index (χ2n) is 7.99. The average molecular weight is 507 g/mol. The number of nitrogens with zero attached hydrogens (tertiary/aromatic N) is 2. The molecule has 2 aromatic carbocycles. The number of anilines is 1. The number of ether oxygens (including phenoxy) is 1. The Hall–Kier alpha value is -2.32. The van der Waals surface area contributed by atoms with E-state index in [2.05, 4.69) is 9.88 Å². The van der Waals surface area contributed by atoms with Crippen LogP contribution in [-0.4, -0.2) is 32.7 Å². The van der Waals surface area contributed by atoms with E-state index in [9.17, 15) is 8.42 Å². The number of hydrogen-bond donors (Lipinski definition) is 0. The van der Waals surface area contributed by atoms with E-state index < -0.39 is 10.1 Å². The molecule has 2 heterocycles. The summed E-state index contributed by atoms with van der Waals surface area (Å²) in [6, 6.07) is 14.4. The van der Waals surface area contributed by atoms with Gasteiger partial charge in [-0.25, -0.2) is 4.98 Å². The molecule has 174 valence electrons. The van der Waals surface area contributed by atoms with Crippen LogP contribution < -0.4 is 9.64 Å². The van der Waals surface area contributed by atoms with Gasteiger partial charge < -0.3 is 9.64 Å². The largest absolute Gasteiger partial charge is 0.456 e. The predicted molar refractivity (Wildman–Crippen MR) is 132 cm³/mol. The smallest absolute Gasteiger partial charge is 0.264 e. The van der Waals surface area contributed by atoms with Gasteiger partial charge in [0.2, 0.25) is 0 Å². The Morgan fingerprint density at radius 2 is 1.61 bits per heavy atom. The van der Waals surface area contributed by atoms with Gasteiger partial charge in [-0.1, -0.05) is 23.2 Å². The molecule has 0 unspecified atom stereocenters. The number of hydrogen-bond acceptors (Lipinski definition) is 6. The molecule has 0 saturated carbocycles. The Balaban J connectivity index is 1.61. The van der Waals surface area contributed by atoms with Crippen molar-refractivity contribution in [2.45, 2.75) is 25.9 Å². The van der Waals surface area contributed by atoms with Crippen molar-refractivity contribution in [2.75, 3.05) is 24.2 Å². The molecular weight excluding hydrogens is 483 g/mol. The van der Waals surface area contributed by atoms with Gasteiger partial charge in [0.1, 0.15) is 17.3 Å². The van der Waals surface area contributed by atoms with E-state index in [1.165, 1.54) is 19.3 Å². The first-order valence-electron chi connectivity index (χ1n) is 10.6. The molecule has 0 spiro atoms. The highest BCUT2D eigenvalue weighted by molar-refractivity contribution is 7.85. The van der Waals surface area contributed by atoms with E-state index in [0.717, 1.165) is 36.3 Å². The van der Waals surface area contributed by atoms with E-state index in [0.29, 0.717) is 27.1 Å². The maximum atomic E-state index is 11.5. The zero-order chi connectivity index (χ0) is 23.4. The Labute approximate surface area is 204 Å². The topological polar surface area (TPSA) is 68.7 Å². The molecule has 0 bridgehead atoms. The first-order chi connectivity index (χ1) is 15.7. The number of halogens is 2. The molecule has 0 radical (unpaired) electrons. The molecule has 0 atom stereocenters. The van der Waals surface area contributed by atoms with E-state index in [1.807, 2.05) is 24.3 Å². The third-order valence-corrected chi connectivity index (χ3v) is 6.22. The van der Waals surface area contributed by atoms with E-state index >= 15 is 0 Å². The number of benzene rings is 2. The molecule has 1 aliphatic heterocycles. The third-order valence-electron chi connectivity index (χ3n) is 5.24. The van der Waals surface area contributed by atoms with Crippen LogP contribution in [0.15, 0.2) is 54.7 Å². The molecule has 0 amide bonds. The maximum absolute atomic E-state index is 11.5. The summed E-state index contributed by atoms with van der Waals surface area (Å²) in [6.45, 7) is 1.91. The third kappa shape index (κ3) is 6.84.